The van der Waals surface area contributed by atoms with Crippen LogP contribution in [0.15, 0.2) is 47.3 Å². The number of aryl methyl sites for hydroxylation is 2. The molecular formula is C18H18N2O4. The molecule has 2 aromatic carbocycles. The fourth-order valence-electron chi connectivity index (χ4n) is 2.96. The predicted octanol–water partition coefficient (Wildman–Crippen LogP) is 2.54. The molecule has 6 heteroatoms. The average molecular weight is 326 g/mol. The zero-order valence-corrected chi connectivity index (χ0v) is 13.4. The highest BCUT2D eigenvalue weighted by Gasteiger charge is 2.14. The molecule has 0 unspecified atom stereocenters. The minimum absolute atomic E-state index is 0.000667. The second-order valence-corrected chi connectivity index (χ2v) is 5.70. The Morgan fingerprint density at radius 1 is 1.08 bits per heavy atom. The average Bonchev–Trinajstić information content (AvgIpc) is 3.16. The van der Waals surface area contributed by atoms with Crippen molar-refractivity contribution in [2.75, 3.05) is 13.4 Å². The summed E-state index contributed by atoms with van der Waals surface area (Å²) in [5.74, 6) is 2.19. The molecule has 0 bridgehead atoms. The summed E-state index contributed by atoms with van der Waals surface area (Å²) in [6.45, 7) is 1.39. The van der Waals surface area contributed by atoms with E-state index in [4.69, 9.17) is 14.2 Å². The van der Waals surface area contributed by atoms with E-state index in [0.29, 0.717) is 18.9 Å². The van der Waals surface area contributed by atoms with Crippen LogP contribution in [0.5, 0.6) is 17.2 Å². The van der Waals surface area contributed by atoms with Crippen molar-refractivity contribution in [3.05, 3.63) is 52.9 Å². The molecular weight excluding hydrogens is 308 g/mol. The first-order chi connectivity index (χ1) is 11.7. The lowest BCUT2D eigenvalue weighted by Crippen LogP contribution is -2.23. The highest BCUT2D eigenvalue weighted by atomic mass is 16.7. The zero-order chi connectivity index (χ0) is 16.5. The standard InChI is InChI=1S/C18H18N2O4/c1-19-14-5-2-3-6-15(14)20(18(19)21)9-4-10-22-13-7-8-16-17(11-13)24-12-23-16/h2-3,5-8,11H,4,9-10,12H2,1H3. The Morgan fingerprint density at radius 2 is 1.88 bits per heavy atom. The number of rotatable bonds is 5. The Kier molecular flexibility index (Phi) is 3.65. The van der Waals surface area contributed by atoms with Crippen molar-refractivity contribution in [2.24, 2.45) is 7.05 Å². The Bertz CT molecular complexity index is 942. The van der Waals surface area contributed by atoms with Crippen LogP contribution in [0.1, 0.15) is 6.42 Å². The normalized spacial score (nSPS) is 12.7. The summed E-state index contributed by atoms with van der Waals surface area (Å²) in [6, 6.07) is 13.3. The van der Waals surface area contributed by atoms with Crippen molar-refractivity contribution in [1.29, 1.82) is 0 Å². The van der Waals surface area contributed by atoms with Gasteiger partial charge in [-0.1, -0.05) is 12.1 Å². The van der Waals surface area contributed by atoms with Gasteiger partial charge in [0.15, 0.2) is 11.5 Å². The molecule has 0 N–H and O–H groups in total. The van der Waals surface area contributed by atoms with Crippen LogP contribution in [0.3, 0.4) is 0 Å². The van der Waals surface area contributed by atoms with Gasteiger partial charge in [0.2, 0.25) is 6.79 Å². The van der Waals surface area contributed by atoms with Crippen LogP contribution in [0, 0.1) is 0 Å². The number of hydrogen-bond acceptors (Lipinski definition) is 4. The Morgan fingerprint density at radius 3 is 2.75 bits per heavy atom. The summed E-state index contributed by atoms with van der Waals surface area (Å²) < 4.78 is 19.8. The van der Waals surface area contributed by atoms with Crippen LogP contribution < -0.4 is 19.9 Å². The van der Waals surface area contributed by atoms with Crippen LogP contribution in [-0.2, 0) is 13.6 Å². The van der Waals surface area contributed by atoms with E-state index in [0.717, 1.165) is 29.0 Å². The molecule has 0 saturated carbocycles. The zero-order valence-electron chi connectivity index (χ0n) is 13.4. The first-order valence-electron chi connectivity index (χ1n) is 7.91. The number of para-hydroxylation sites is 2. The Hall–Kier alpha value is -2.89. The summed E-state index contributed by atoms with van der Waals surface area (Å²) in [4.78, 5) is 12.3. The van der Waals surface area contributed by atoms with Gasteiger partial charge in [0.05, 0.1) is 17.6 Å². The first kappa shape index (κ1) is 14.7. The maximum absolute atomic E-state index is 12.3. The van der Waals surface area contributed by atoms with Crippen molar-refractivity contribution < 1.29 is 14.2 Å². The summed E-state index contributed by atoms with van der Waals surface area (Å²) in [6.07, 6.45) is 0.738. The van der Waals surface area contributed by atoms with Crippen LogP contribution in [0.2, 0.25) is 0 Å². The highest BCUT2D eigenvalue weighted by Crippen LogP contribution is 2.35. The summed E-state index contributed by atoms with van der Waals surface area (Å²) >= 11 is 0. The van der Waals surface area contributed by atoms with E-state index in [1.807, 2.05) is 42.5 Å². The summed E-state index contributed by atoms with van der Waals surface area (Å²) in [5, 5.41) is 0. The molecule has 4 rings (SSSR count). The Balaban J connectivity index is 1.41. The molecule has 24 heavy (non-hydrogen) atoms. The number of hydrogen-bond donors (Lipinski definition) is 0. The number of ether oxygens (including phenoxy) is 3. The molecule has 1 aliphatic heterocycles. The number of aromatic nitrogens is 2. The van der Waals surface area contributed by atoms with E-state index in [1.54, 1.807) is 16.2 Å². The van der Waals surface area contributed by atoms with E-state index in [2.05, 4.69) is 0 Å². The van der Waals surface area contributed by atoms with E-state index >= 15 is 0 Å². The quantitative estimate of drug-likeness (QED) is 0.676. The molecule has 1 aliphatic rings. The van der Waals surface area contributed by atoms with Gasteiger partial charge in [-0.3, -0.25) is 9.13 Å². The van der Waals surface area contributed by atoms with Gasteiger partial charge < -0.3 is 14.2 Å². The maximum Gasteiger partial charge on any atom is 0.328 e. The second-order valence-electron chi connectivity index (χ2n) is 5.70. The topological polar surface area (TPSA) is 54.6 Å². The van der Waals surface area contributed by atoms with Gasteiger partial charge in [0, 0.05) is 19.7 Å². The van der Waals surface area contributed by atoms with E-state index in [-0.39, 0.29) is 12.5 Å². The van der Waals surface area contributed by atoms with Crippen molar-refractivity contribution >= 4 is 11.0 Å². The van der Waals surface area contributed by atoms with Gasteiger partial charge in [-0.2, -0.15) is 0 Å². The van der Waals surface area contributed by atoms with Gasteiger partial charge in [-0.05, 0) is 30.7 Å². The summed E-state index contributed by atoms with van der Waals surface area (Å²) in [5.41, 5.74) is 1.89. The van der Waals surface area contributed by atoms with E-state index in [1.165, 1.54) is 0 Å². The van der Waals surface area contributed by atoms with Crippen molar-refractivity contribution in [3.8, 4) is 17.2 Å². The van der Waals surface area contributed by atoms with Gasteiger partial charge in [0.25, 0.3) is 0 Å². The van der Waals surface area contributed by atoms with Gasteiger partial charge >= 0.3 is 5.69 Å². The van der Waals surface area contributed by atoms with Gasteiger partial charge in [-0.15, -0.1) is 0 Å². The highest BCUT2D eigenvalue weighted by molar-refractivity contribution is 5.75. The molecule has 0 fully saturated rings. The molecule has 124 valence electrons. The minimum Gasteiger partial charge on any atom is -0.493 e. The molecule has 0 saturated heterocycles. The molecule has 3 aromatic rings. The fraction of sp³-hybridized carbons (Fsp3) is 0.278. The third kappa shape index (κ3) is 2.50. The lowest BCUT2D eigenvalue weighted by molar-refractivity contribution is 0.173. The van der Waals surface area contributed by atoms with Gasteiger partial charge in [-0.25, -0.2) is 4.79 Å². The third-order valence-electron chi connectivity index (χ3n) is 4.19. The minimum atomic E-state index is -0.000667. The lowest BCUT2D eigenvalue weighted by atomic mass is 10.3. The number of imidazole rings is 1. The largest absolute Gasteiger partial charge is 0.493 e. The van der Waals surface area contributed by atoms with Crippen LogP contribution >= 0.6 is 0 Å². The molecule has 0 aliphatic carbocycles. The van der Waals surface area contributed by atoms with Crippen molar-refractivity contribution in [3.63, 3.8) is 0 Å². The summed E-state index contributed by atoms with van der Waals surface area (Å²) in [7, 11) is 1.80. The number of benzene rings is 2. The van der Waals surface area contributed by atoms with E-state index < -0.39 is 0 Å². The van der Waals surface area contributed by atoms with Crippen LogP contribution in [0.25, 0.3) is 11.0 Å². The fourth-order valence-corrected chi connectivity index (χ4v) is 2.96. The molecule has 0 spiro atoms. The van der Waals surface area contributed by atoms with Crippen LogP contribution in [-0.4, -0.2) is 22.5 Å². The smallest absolute Gasteiger partial charge is 0.328 e. The molecule has 0 atom stereocenters. The van der Waals surface area contributed by atoms with Crippen LogP contribution in [0.4, 0.5) is 0 Å². The second kappa shape index (κ2) is 5.96. The predicted molar refractivity (Wildman–Crippen MR) is 89.9 cm³/mol. The molecule has 0 radical (unpaired) electrons. The Labute approximate surface area is 138 Å². The molecule has 1 aromatic heterocycles. The lowest BCUT2D eigenvalue weighted by Gasteiger charge is -2.07. The number of fused-ring (bicyclic) bond motifs is 2. The van der Waals surface area contributed by atoms with E-state index in [9.17, 15) is 4.79 Å². The first-order valence-corrected chi connectivity index (χ1v) is 7.91. The van der Waals surface area contributed by atoms with Gasteiger partial charge in [0.1, 0.15) is 5.75 Å². The molecule has 2 heterocycles. The SMILES string of the molecule is Cn1c(=O)n(CCCOc2ccc3c(c2)OCO3)c2ccccc21. The third-order valence-corrected chi connectivity index (χ3v) is 4.19. The molecule has 6 nitrogen and oxygen atoms in total. The molecule has 0 amide bonds. The van der Waals surface area contributed by atoms with Crippen molar-refractivity contribution in [2.45, 2.75) is 13.0 Å². The maximum atomic E-state index is 12.3. The van der Waals surface area contributed by atoms with Crippen molar-refractivity contribution in [1.82, 2.24) is 9.13 Å². The monoisotopic (exact) mass is 326 g/mol. The number of nitrogens with zero attached hydrogens (tertiary/aromatic N) is 2.